The summed E-state index contributed by atoms with van der Waals surface area (Å²) in [5, 5.41) is 3.57. The van der Waals surface area contributed by atoms with E-state index in [4.69, 9.17) is 4.74 Å². The van der Waals surface area contributed by atoms with Crippen LogP contribution in [0.3, 0.4) is 0 Å². The fourth-order valence-electron chi connectivity index (χ4n) is 2.37. The van der Waals surface area contributed by atoms with E-state index in [1.807, 2.05) is 0 Å². The molecule has 0 aliphatic rings. The van der Waals surface area contributed by atoms with Crippen molar-refractivity contribution in [2.24, 2.45) is 0 Å². The van der Waals surface area contributed by atoms with Gasteiger partial charge in [0.25, 0.3) is 5.91 Å². The number of carbonyl (C=O) groups excluding carboxylic acids is 1. The number of hydrogen-bond donors (Lipinski definition) is 2. The van der Waals surface area contributed by atoms with Gasteiger partial charge in [0.05, 0.1) is 17.7 Å². The molecule has 0 saturated heterocycles. The molecule has 1 amide bonds. The van der Waals surface area contributed by atoms with Crippen LogP contribution < -0.4 is 14.8 Å². The molecule has 142 valence electrons. The molecule has 0 saturated carbocycles. The molecule has 1 heterocycles. The van der Waals surface area contributed by atoms with Crippen molar-refractivity contribution < 1.29 is 22.3 Å². The fourth-order valence-corrected chi connectivity index (χ4v) is 3.94. The molecule has 1 aromatic heterocycles. The smallest absolute Gasteiger partial charge is 0.261 e. The van der Waals surface area contributed by atoms with Crippen LogP contribution in [0.2, 0.25) is 0 Å². The van der Waals surface area contributed by atoms with Gasteiger partial charge in [-0.25, -0.2) is 12.8 Å². The number of nitrogens with one attached hydrogen (secondary N) is 2. The average molecular weight is 408 g/mol. The number of amides is 1. The molecule has 0 bridgehead atoms. The Morgan fingerprint density at radius 3 is 2.59 bits per heavy atom. The minimum absolute atomic E-state index is 0.243. The van der Waals surface area contributed by atoms with Gasteiger partial charge in [0.2, 0.25) is 10.0 Å². The van der Waals surface area contributed by atoms with Gasteiger partial charge in [-0.1, -0.05) is 6.07 Å². The number of thiophene rings is 1. The highest BCUT2D eigenvalue weighted by molar-refractivity contribution is 7.92. The number of hydrogen-bond acceptors (Lipinski definition) is 5. The van der Waals surface area contributed by atoms with Crippen LogP contribution in [-0.4, -0.2) is 33.7 Å². The van der Waals surface area contributed by atoms with Gasteiger partial charge in [0.1, 0.15) is 18.2 Å². The minimum atomic E-state index is -3.32. The monoisotopic (exact) mass is 408 g/mol. The number of sulfonamides is 1. The third kappa shape index (κ3) is 5.41. The summed E-state index contributed by atoms with van der Waals surface area (Å²) in [7, 11) is -3.32. The van der Waals surface area contributed by atoms with Crippen molar-refractivity contribution in [2.45, 2.75) is 0 Å². The molecule has 0 atom stereocenters. The first-order valence-electron chi connectivity index (χ1n) is 7.98. The minimum Gasteiger partial charge on any atom is -0.492 e. The number of ether oxygens (including phenoxy) is 1. The standard InChI is InChI=1S/C18H17FN2O4S2/c1-27(23,24)21-14-4-6-15(7-5-14)25-9-8-20-18(22)17-10-12-2-3-13(19)11-16(12)26-17/h2-7,10-11,21H,8-9H2,1H3,(H,20,22). The Bertz CT molecular complexity index is 1060. The summed E-state index contributed by atoms with van der Waals surface area (Å²) in [6.45, 7) is 0.550. The van der Waals surface area contributed by atoms with E-state index in [9.17, 15) is 17.6 Å². The molecule has 0 spiro atoms. The molecular weight excluding hydrogens is 391 g/mol. The Morgan fingerprint density at radius 2 is 1.89 bits per heavy atom. The lowest BCUT2D eigenvalue weighted by atomic mass is 10.2. The number of benzene rings is 2. The van der Waals surface area contributed by atoms with E-state index in [0.29, 0.717) is 22.9 Å². The zero-order valence-corrected chi connectivity index (χ0v) is 16.0. The van der Waals surface area contributed by atoms with Gasteiger partial charge in [-0.15, -0.1) is 11.3 Å². The van der Waals surface area contributed by atoms with Crippen LogP contribution in [0.1, 0.15) is 9.67 Å². The molecule has 0 radical (unpaired) electrons. The molecule has 2 aromatic carbocycles. The maximum absolute atomic E-state index is 13.2. The molecule has 0 aliphatic carbocycles. The predicted molar refractivity (Wildman–Crippen MR) is 105 cm³/mol. The van der Waals surface area contributed by atoms with Crippen molar-refractivity contribution in [1.29, 1.82) is 0 Å². The van der Waals surface area contributed by atoms with Gasteiger partial charge in [0.15, 0.2) is 0 Å². The zero-order valence-electron chi connectivity index (χ0n) is 14.4. The molecule has 0 fully saturated rings. The first-order valence-corrected chi connectivity index (χ1v) is 10.7. The highest BCUT2D eigenvalue weighted by Gasteiger charge is 2.10. The van der Waals surface area contributed by atoms with Crippen LogP contribution in [0.5, 0.6) is 5.75 Å². The van der Waals surface area contributed by atoms with Gasteiger partial charge >= 0.3 is 0 Å². The third-order valence-corrected chi connectivity index (χ3v) is 5.22. The number of fused-ring (bicyclic) bond motifs is 1. The van der Waals surface area contributed by atoms with E-state index < -0.39 is 10.0 Å². The molecule has 0 aliphatic heterocycles. The maximum Gasteiger partial charge on any atom is 0.261 e. The van der Waals surface area contributed by atoms with Crippen molar-refractivity contribution in [3.8, 4) is 5.75 Å². The Balaban J connectivity index is 1.48. The van der Waals surface area contributed by atoms with Gasteiger partial charge in [-0.2, -0.15) is 0 Å². The topological polar surface area (TPSA) is 84.5 Å². The highest BCUT2D eigenvalue weighted by atomic mass is 32.2. The van der Waals surface area contributed by atoms with Crippen LogP contribution >= 0.6 is 11.3 Å². The summed E-state index contributed by atoms with van der Waals surface area (Å²) in [5.41, 5.74) is 0.444. The highest BCUT2D eigenvalue weighted by Crippen LogP contribution is 2.26. The largest absolute Gasteiger partial charge is 0.492 e. The van der Waals surface area contributed by atoms with Crippen LogP contribution in [0.4, 0.5) is 10.1 Å². The molecule has 9 heteroatoms. The van der Waals surface area contributed by atoms with E-state index >= 15 is 0 Å². The summed E-state index contributed by atoms with van der Waals surface area (Å²) in [6.07, 6.45) is 1.08. The Labute approximate surface area is 160 Å². The first-order chi connectivity index (χ1) is 12.8. The van der Waals surface area contributed by atoms with Crippen LogP contribution in [0.15, 0.2) is 48.5 Å². The van der Waals surface area contributed by atoms with Gasteiger partial charge in [-0.3, -0.25) is 9.52 Å². The Morgan fingerprint density at radius 1 is 1.15 bits per heavy atom. The average Bonchev–Trinajstić information content (AvgIpc) is 3.02. The lowest BCUT2D eigenvalue weighted by Gasteiger charge is -2.08. The van der Waals surface area contributed by atoms with Crippen LogP contribution in [0.25, 0.3) is 10.1 Å². The van der Waals surface area contributed by atoms with Crippen molar-refractivity contribution in [3.05, 3.63) is 59.2 Å². The van der Waals surface area contributed by atoms with E-state index in [1.54, 1.807) is 36.4 Å². The SMILES string of the molecule is CS(=O)(=O)Nc1ccc(OCCNC(=O)c2cc3ccc(F)cc3s2)cc1. The predicted octanol–water partition coefficient (Wildman–Crippen LogP) is 3.22. The molecule has 6 nitrogen and oxygen atoms in total. The lowest BCUT2D eigenvalue weighted by Crippen LogP contribution is -2.27. The number of anilines is 1. The zero-order chi connectivity index (χ0) is 19.4. The van der Waals surface area contributed by atoms with Crippen molar-refractivity contribution >= 4 is 43.0 Å². The van der Waals surface area contributed by atoms with Gasteiger partial charge in [-0.05, 0) is 47.9 Å². The molecule has 27 heavy (non-hydrogen) atoms. The molecule has 3 rings (SSSR count). The number of halogens is 1. The normalized spacial score (nSPS) is 11.3. The van der Waals surface area contributed by atoms with Gasteiger partial charge < -0.3 is 10.1 Å². The second-order valence-electron chi connectivity index (χ2n) is 5.80. The Hall–Kier alpha value is -2.65. The first kappa shape index (κ1) is 19.1. The van der Waals surface area contributed by atoms with E-state index in [2.05, 4.69) is 10.0 Å². The second-order valence-corrected chi connectivity index (χ2v) is 8.63. The van der Waals surface area contributed by atoms with Gasteiger partial charge in [0, 0.05) is 10.4 Å². The fraction of sp³-hybridized carbons (Fsp3) is 0.167. The quantitative estimate of drug-likeness (QED) is 0.588. The van der Waals surface area contributed by atoms with Crippen LogP contribution in [0, 0.1) is 5.82 Å². The summed E-state index contributed by atoms with van der Waals surface area (Å²) < 4.78 is 44.1. The number of rotatable bonds is 7. The summed E-state index contributed by atoms with van der Waals surface area (Å²) in [5.74, 6) is -0.0176. The summed E-state index contributed by atoms with van der Waals surface area (Å²) >= 11 is 1.23. The van der Waals surface area contributed by atoms with Crippen molar-refractivity contribution in [3.63, 3.8) is 0 Å². The lowest BCUT2D eigenvalue weighted by molar-refractivity contribution is 0.0951. The van der Waals surface area contributed by atoms with Crippen molar-refractivity contribution in [1.82, 2.24) is 5.32 Å². The van der Waals surface area contributed by atoms with Crippen molar-refractivity contribution in [2.75, 3.05) is 24.1 Å². The Kier molecular flexibility index (Phi) is 5.62. The van der Waals surface area contributed by atoms with E-state index in [0.717, 1.165) is 16.3 Å². The molecule has 3 aromatic rings. The maximum atomic E-state index is 13.2. The van der Waals surface area contributed by atoms with E-state index in [-0.39, 0.29) is 18.3 Å². The van der Waals surface area contributed by atoms with E-state index in [1.165, 1.54) is 23.5 Å². The summed E-state index contributed by atoms with van der Waals surface area (Å²) in [4.78, 5) is 12.7. The third-order valence-electron chi connectivity index (χ3n) is 3.52. The second kappa shape index (κ2) is 7.93. The summed E-state index contributed by atoms with van der Waals surface area (Å²) in [6, 6.07) is 12.6. The molecule has 0 unspecified atom stereocenters. The van der Waals surface area contributed by atoms with Crippen LogP contribution in [-0.2, 0) is 10.0 Å². The molecular formula is C18H17FN2O4S2. The molecule has 2 N–H and O–H groups in total. The number of carbonyl (C=O) groups is 1.